The fraction of sp³-hybridized carbons (Fsp3) is 0.611. The number of imidazole rings is 1. The van der Waals surface area contributed by atoms with Crippen LogP contribution in [0, 0.1) is 13.8 Å². The zero-order chi connectivity index (χ0) is 18.0. The van der Waals surface area contributed by atoms with E-state index in [0.717, 1.165) is 57.2 Å². The molecule has 3 rings (SSSR count). The van der Waals surface area contributed by atoms with Crippen LogP contribution in [0.5, 0.6) is 0 Å². The van der Waals surface area contributed by atoms with Crippen LogP contribution in [-0.4, -0.2) is 61.2 Å². The molecule has 7 nitrogen and oxygen atoms in total. The van der Waals surface area contributed by atoms with E-state index in [1.165, 1.54) is 5.69 Å². The fourth-order valence-corrected chi connectivity index (χ4v) is 3.29. The number of carbonyl (C=O) groups is 1. The van der Waals surface area contributed by atoms with Gasteiger partial charge in [-0.25, -0.2) is 4.98 Å². The first-order valence-electron chi connectivity index (χ1n) is 9.02. The molecule has 0 aromatic carbocycles. The quantitative estimate of drug-likeness (QED) is 0.845. The lowest BCUT2D eigenvalue weighted by Crippen LogP contribution is -2.35. The first kappa shape index (κ1) is 17.7. The summed E-state index contributed by atoms with van der Waals surface area (Å²) in [5.41, 5.74) is 3.00. The Kier molecular flexibility index (Phi) is 5.22. The molecule has 25 heavy (non-hydrogen) atoms. The molecule has 3 heterocycles. The van der Waals surface area contributed by atoms with E-state index >= 15 is 0 Å². The van der Waals surface area contributed by atoms with Crippen molar-refractivity contribution in [2.75, 3.05) is 26.2 Å². The Hall–Kier alpha value is -2.15. The Balaban J connectivity index is 1.62. The van der Waals surface area contributed by atoms with Gasteiger partial charge in [-0.1, -0.05) is 0 Å². The van der Waals surface area contributed by atoms with Crippen molar-refractivity contribution < 1.29 is 4.79 Å². The molecule has 1 aliphatic heterocycles. The second-order valence-electron chi connectivity index (χ2n) is 6.76. The second kappa shape index (κ2) is 7.39. The van der Waals surface area contributed by atoms with Gasteiger partial charge in [0.1, 0.15) is 5.82 Å². The summed E-state index contributed by atoms with van der Waals surface area (Å²) in [6.45, 7) is 11.2. The molecule has 1 aliphatic rings. The van der Waals surface area contributed by atoms with E-state index in [0.29, 0.717) is 5.56 Å². The molecule has 0 bridgehead atoms. The van der Waals surface area contributed by atoms with E-state index in [4.69, 9.17) is 0 Å². The zero-order valence-corrected chi connectivity index (χ0v) is 15.7. The molecule has 0 radical (unpaired) electrons. The maximum absolute atomic E-state index is 12.7. The van der Waals surface area contributed by atoms with E-state index in [9.17, 15) is 4.79 Å². The highest BCUT2D eigenvalue weighted by atomic mass is 16.2. The van der Waals surface area contributed by atoms with E-state index < -0.39 is 0 Å². The molecule has 7 heteroatoms. The van der Waals surface area contributed by atoms with Crippen molar-refractivity contribution >= 4 is 5.91 Å². The molecule has 0 aliphatic carbocycles. The van der Waals surface area contributed by atoms with Gasteiger partial charge in [0, 0.05) is 51.7 Å². The van der Waals surface area contributed by atoms with Crippen LogP contribution in [0.15, 0.2) is 12.4 Å². The van der Waals surface area contributed by atoms with E-state index in [-0.39, 0.29) is 5.91 Å². The van der Waals surface area contributed by atoms with E-state index in [1.54, 1.807) is 10.9 Å². The fourth-order valence-electron chi connectivity index (χ4n) is 3.29. The predicted octanol–water partition coefficient (Wildman–Crippen LogP) is 1.60. The summed E-state index contributed by atoms with van der Waals surface area (Å²) in [6, 6.07) is 0. The van der Waals surface area contributed by atoms with Crippen molar-refractivity contribution in [1.82, 2.24) is 29.1 Å². The number of amides is 1. The van der Waals surface area contributed by atoms with Gasteiger partial charge < -0.3 is 9.47 Å². The van der Waals surface area contributed by atoms with Crippen molar-refractivity contribution in [3.8, 4) is 0 Å². The molecular formula is C18H28N6O. The lowest BCUT2D eigenvalue weighted by molar-refractivity contribution is 0.0761. The average molecular weight is 344 g/mol. The highest BCUT2D eigenvalue weighted by Gasteiger charge is 2.22. The summed E-state index contributed by atoms with van der Waals surface area (Å²) in [6.07, 6.45) is 4.49. The van der Waals surface area contributed by atoms with Crippen molar-refractivity contribution in [1.29, 1.82) is 0 Å². The van der Waals surface area contributed by atoms with Crippen LogP contribution >= 0.6 is 0 Å². The summed E-state index contributed by atoms with van der Waals surface area (Å²) in [5.74, 6) is 1.18. The minimum atomic E-state index is 0.0882. The summed E-state index contributed by atoms with van der Waals surface area (Å²) in [7, 11) is 2.07. The molecule has 1 saturated heterocycles. The SMILES string of the molecule is CCn1cc(C(=O)N2CCCN(Cc3nc(C)c(C)n3C)CC2)cn1. The summed E-state index contributed by atoms with van der Waals surface area (Å²) < 4.78 is 3.96. The summed E-state index contributed by atoms with van der Waals surface area (Å²) in [4.78, 5) is 21.7. The van der Waals surface area contributed by atoms with Crippen molar-refractivity contribution in [2.45, 2.75) is 40.3 Å². The largest absolute Gasteiger partial charge is 0.337 e. The molecule has 1 amide bonds. The molecule has 0 saturated carbocycles. The molecule has 2 aromatic rings. The Morgan fingerprint density at radius 3 is 2.64 bits per heavy atom. The summed E-state index contributed by atoms with van der Waals surface area (Å²) in [5, 5.41) is 4.21. The lowest BCUT2D eigenvalue weighted by Gasteiger charge is -2.21. The highest BCUT2D eigenvalue weighted by Crippen LogP contribution is 2.13. The van der Waals surface area contributed by atoms with Gasteiger partial charge in [-0.05, 0) is 27.2 Å². The van der Waals surface area contributed by atoms with Crippen LogP contribution in [-0.2, 0) is 20.1 Å². The maximum Gasteiger partial charge on any atom is 0.257 e. The Bertz CT molecular complexity index is 747. The van der Waals surface area contributed by atoms with E-state index in [2.05, 4.69) is 40.4 Å². The van der Waals surface area contributed by atoms with Crippen molar-refractivity contribution in [3.05, 3.63) is 35.2 Å². The third-order valence-corrected chi connectivity index (χ3v) is 5.16. The number of nitrogens with zero attached hydrogens (tertiary/aromatic N) is 6. The third kappa shape index (κ3) is 3.76. The van der Waals surface area contributed by atoms with Crippen LogP contribution < -0.4 is 0 Å². The van der Waals surface area contributed by atoms with Crippen molar-refractivity contribution in [3.63, 3.8) is 0 Å². The summed E-state index contributed by atoms with van der Waals surface area (Å²) >= 11 is 0. The average Bonchev–Trinajstić information content (AvgIpc) is 3.09. The minimum absolute atomic E-state index is 0.0882. The Morgan fingerprint density at radius 1 is 1.20 bits per heavy atom. The normalized spacial score (nSPS) is 16.2. The van der Waals surface area contributed by atoms with Crippen LogP contribution in [0.4, 0.5) is 0 Å². The number of aromatic nitrogens is 4. The van der Waals surface area contributed by atoms with Gasteiger partial charge in [-0.15, -0.1) is 0 Å². The van der Waals surface area contributed by atoms with Gasteiger partial charge in [0.05, 0.1) is 24.0 Å². The Morgan fingerprint density at radius 2 is 2.00 bits per heavy atom. The topological polar surface area (TPSA) is 59.2 Å². The van der Waals surface area contributed by atoms with Crippen LogP contribution in [0.1, 0.15) is 40.9 Å². The van der Waals surface area contributed by atoms with Gasteiger partial charge in [-0.2, -0.15) is 5.10 Å². The maximum atomic E-state index is 12.7. The molecule has 136 valence electrons. The number of carbonyl (C=O) groups excluding carboxylic acids is 1. The molecule has 0 unspecified atom stereocenters. The van der Waals surface area contributed by atoms with Crippen molar-refractivity contribution in [2.24, 2.45) is 7.05 Å². The molecule has 0 N–H and O–H groups in total. The van der Waals surface area contributed by atoms with Crippen LogP contribution in [0.3, 0.4) is 0 Å². The first-order chi connectivity index (χ1) is 12.0. The highest BCUT2D eigenvalue weighted by molar-refractivity contribution is 5.93. The number of rotatable bonds is 4. The van der Waals surface area contributed by atoms with Crippen LogP contribution in [0.25, 0.3) is 0 Å². The zero-order valence-electron chi connectivity index (χ0n) is 15.7. The van der Waals surface area contributed by atoms with Gasteiger partial charge in [0.15, 0.2) is 0 Å². The Labute approximate surface area is 149 Å². The number of aryl methyl sites for hydroxylation is 2. The second-order valence-corrected chi connectivity index (χ2v) is 6.76. The predicted molar refractivity (Wildman–Crippen MR) is 96.4 cm³/mol. The minimum Gasteiger partial charge on any atom is -0.337 e. The molecule has 2 aromatic heterocycles. The molecule has 0 atom stereocenters. The van der Waals surface area contributed by atoms with Crippen LogP contribution in [0.2, 0.25) is 0 Å². The van der Waals surface area contributed by atoms with Gasteiger partial charge >= 0.3 is 0 Å². The van der Waals surface area contributed by atoms with Gasteiger partial charge in [-0.3, -0.25) is 14.4 Å². The van der Waals surface area contributed by atoms with E-state index in [1.807, 2.05) is 18.0 Å². The monoisotopic (exact) mass is 344 g/mol. The molecule has 1 fully saturated rings. The standard InChI is InChI=1S/C18H28N6O/c1-5-24-12-16(11-19-24)18(25)23-8-6-7-22(9-10-23)13-17-20-14(2)15(3)21(17)4/h11-12H,5-10,13H2,1-4H3. The lowest BCUT2D eigenvalue weighted by atomic mass is 10.3. The third-order valence-electron chi connectivity index (χ3n) is 5.16. The molecule has 0 spiro atoms. The number of hydrogen-bond donors (Lipinski definition) is 0. The van der Waals surface area contributed by atoms with Gasteiger partial charge in [0.2, 0.25) is 0 Å². The first-order valence-corrected chi connectivity index (χ1v) is 9.02. The smallest absolute Gasteiger partial charge is 0.257 e. The van der Waals surface area contributed by atoms with Gasteiger partial charge in [0.25, 0.3) is 5.91 Å². The number of hydrogen-bond acceptors (Lipinski definition) is 4. The molecular weight excluding hydrogens is 316 g/mol.